The second kappa shape index (κ2) is 5.13. The molecule has 2 aromatic carbocycles. The molecule has 1 heteroatoms. The minimum absolute atomic E-state index is 0.0303. The third-order valence-electron chi connectivity index (χ3n) is 4.11. The van der Waals surface area contributed by atoms with Crippen molar-refractivity contribution in [3.63, 3.8) is 0 Å². The van der Waals surface area contributed by atoms with Crippen molar-refractivity contribution in [2.75, 3.05) is 0 Å². The Morgan fingerprint density at radius 2 is 1.37 bits per heavy atom. The SMILES string of the molecule is CCCCC1(Br)c2ccc(cc2)Cc2ccc1cc2. The van der Waals surface area contributed by atoms with Crippen molar-refractivity contribution in [3.8, 4) is 0 Å². The second-order valence-corrected chi connectivity index (χ2v) is 6.83. The van der Waals surface area contributed by atoms with E-state index in [0.717, 1.165) is 12.8 Å². The van der Waals surface area contributed by atoms with Crippen LogP contribution in [0.1, 0.15) is 48.4 Å². The minimum Gasteiger partial charge on any atom is -0.0749 e. The summed E-state index contributed by atoms with van der Waals surface area (Å²) in [4.78, 5) is 0. The van der Waals surface area contributed by atoms with Crippen LogP contribution in [0.3, 0.4) is 0 Å². The van der Waals surface area contributed by atoms with Crippen LogP contribution in [0.5, 0.6) is 0 Å². The average molecular weight is 315 g/mol. The van der Waals surface area contributed by atoms with Gasteiger partial charge in [-0.15, -0.1) is 0 Å². The maximum atomic E-state index is 4.05. The molecule has 6 rings (SSSR count). The van der Waals surface area contributed by atoms with Gasteiger partial charge in [-0.3, -0.25) is 0 Å². The second-order valence-electron chi connectivity index (χ2n) is 5.48. The van der Waals surface area contributed by atoms with Crippen LogP contribution in [-0.4, -0.2) is 0 Å². The molecule has 2 aromatic rings. The van der Waals surface area contributed by atoms with Crippen LogP contribution in [0, 0.1) is 0 Å². The zero-order valence-corrected chi connectivity index (χ0v) is 12.9. The van der Waals surface area contributed by atoms with Gasteiger partial charge in [0.15, 0.2) is 0 Å². The predicted molar refractivity (Wildman–Crippen MR) is 84.9 cm³/mol. The number of benzene rings is 2. The van der Waals surface area contributed by atoms with Crippen LogP contribution < -0.4 is 0 Å². The number of unbranched alkanes of at least 4 members (excludes halogenated alkanes) is 1. The first-order valence-corrected chi connectivity index (χ1v) is 7.89. The van der Waals surface area contributed by atoms with E-state index in [0.29, 0.717) is 0 Å². The molecule has 0 nitrogen and oxygen atoms in total. The fourth-order valence-electron chi connectivity index (χ4n) is 2.88. The highest BCUT2D eigenvalue weighted by Gasteiger charge is 2.30. The van der Waals surface area contributed by atoms with Crippen molar-refractivity contribution in [2.24, 2.45) is 0 Å². The summed E-state index contributed by atoms with van der Waals surface area (Å²) in [5.41, 5.74) is 5.53. The summed E-state index contributed by atoms with van der Waals surface area (Å²) in [5.74, 6) is 0. The summed E-state index contributed by atoms with van der Waals surface area (Å²) in [6, 6.07) is 18.2. The van der Waals surface area contributed by atoms with Crippen molar-refractivity contribution in [3.05, 3.63) is 70.8 Å². The third-order valence-corrected chi connectivity index (χ3v) is 5.42. The zero-order chi connectivity index (χ0) is 13.3. The molecule has 0 N–H and O–H groups in total. The lowest BCUT2D eigenvalue weighted by atomic mass is 9.84. The van der Waals surface area contributed by atoms with E-state index in [1.54, 1.807) is 0 Å². The first-order valence-electron chi connectivity index (χ1n) is 7.10. The lowest BCUT2D eigenvalue weighted by molar-refractivity contribution is 0.617. The number of rotatable bonds is 3. The summed E-state index contributed by atoms with van der Waals surface area (Å²) >= 11 is 4.05. The Kier molecular flexibility index (Phi) is 3.49. The average Bonchev–Trinajstić information content (AvgIpc) is 2.46. The topological polar surface area (TPSA) is 0 Å². The molecule has 0 unspecified atom stereocenters. The molecule has 0 heterocycles. The number of halogens is 1. The van der Waals surface area contributed by atoms with Gasteiger partial charge in [-0.25, -0.2) is 0 Å². The van der Waals surface area contributed by atoms with E-state index < -0.39 is 0 Å². The van der Waals surface area contributed by atoms with Crippen LogP contribution in [0.25, 0.3) is 0 Å². The molecular weight excluding hydrogens is 296 g/mol. The number of hydrogen-bond donors (Lipinski definition) is 0. The maximum absolute atomic E-state index is 4.05. The lowest BCUT2D eigenvalue weighted by Gasteiger charge is -2.30. The van der Waals surface area contributed by atoms with Gasteiger partial charge in [-0.1, -0.05) is 84.2 Å². The normalized spacial score (nSPS) is 15.7. The van der Waals surface area contributed by atoms with Gasteiger partial charge in [0, 0.05) is 0 Å². The van der Waals surface area contributed by atoms with Gasteiger partial charge < -0.3 is 0 Å². The Hall–Kier alpha value is -1.08. The van der Waals surface area contributed by atoms with Crippen molar-refractivity contribution < 1.29 is 0 Å². The minimum atomic E-state index is -0.0303. The van der Waals surface area contributed by atoms with Gasteiger partial charge in [0.25, 0.3) is 0 Å². The van der Waals surface area contributed by atoms with Gasteiger partial charge in [0.05, 0.1) is 4.32 Å². The molecule has 4 aliphatic rings. The molecule has 0 aliphatic heterocycles. The fourth-order valence-corrected chi connectivity index (χ4v) is 3.69. The Labute approximate surface area is 124 Å². The molecular formula is C18H19Br. The Bertz CT molecular complexity index is 506. The third kappa shape index (κ3) is 2.36. The van der Waals surface area contributed by atoms with E-state index in [4.69, 9.17) is 0 Å². The summed E-state index contributed by atoms with van der Waals surface area (Å²) < 4.78 is -0.0303. The van der Waals surface area contributed by atoms with E-state index in [9.17, 15) is 0 Å². The molecule has 0 aromatic heterocycles. The van der Waals surface area contributed by atoms with Gasteiger partial charge >= 0.3 is 0 Å². The summed E-state index contributed by atoms with van der Waals surface area (Å²) in [5, 5.41) is 0. The van der Waals surface area contributed by atoms with E-state index >= 15 is 0 Å². The standard InChI is InChI=1S/C18H19Br/c1-2-3-12-18(19)16-8-4-14(5-9-16)13-15-6-10-17(18)11-7-15/h4-11H,2-3,12-13H2,1H3. The van der Waals surface area contributed by atoms with Crippen LogP contribution in [-0.2, 0) is 10.7 Å². The van der Waals surface area contributed by atoms with Crippen LogP contribution in [0.2, 0.25) is 0 Å². The van der Waals surface area contributed by atoms with Crippen molar-refractivity contribution >= 4 is 15.9 Å². The first kappa shape index (κ1) is 12.9. The van der Waals surface area contributed by atoms with Gasteiger partial charge in [0.2, 0.25) is 0 Å². The molecule has 19 heavy (non-hydrogen) atoms. The molecule has 4 aliphatic carbocycles. The molecule has 0 atom stereocenters. The highest BCUT2D eigenvalue weighted by Crippen LogP contribution is 2.43. The van der Waals surface area contributed by atoms with Gasteiger partial charge in [-0.05, 0) is 35.1 Å². The molecule has 98 valence electrons. The number of alkyl halides is 1. The van der Waals surface area contributed by atoms with E-state index in [1.807, 2.05) is 0 Å². The first-order chi connectivity index (χ1) is 9.22. The summed E-state index contributed by atoms with van der Waals surface area (Å²) in [6.45, 7) is 2.25. The Morgan fingerprint density at radius 1 is 0.895 bits per heavy atom. The monoisotopic (exact) mass is 314 g/mol. The van der Waals surface area contributed by atoms with E-state index in [-0.39, 0.29) is 4.32 Å². The van der Waals surface area contributed by atoms with E-state index in [2.05, 4.69) is 71.4 Å². The maximum Gasteiger partial charge on any atom is 0.0754 e. The van der Waals surface area contributed by atoms with Crippen molar-refractivity contribution in [1.82, 2.24) is 0 Å². The van der Waals surface area contributed by atoms with Crippen LogP contribution >= 0.6 is 15.9 Å². The Morgan fingerprint density at radius 3 is 1.79 bits per heavy atom. The molecule has 0 saturated heterocycles. The number of hydrogen-bond acceptors (Lipinski definition) is 0. The summed E-state index contributed by atoms with van der Waals surface area (Å²) in [6.07, 6.45) is 4.63. The van der Waals surface area contributed by atoms with Crippen LogP contribution in [0.4, 0.5) is 0 Å². The molecule has 0 spiro atoms. The molecule has 0 radical (unpaired) electrons. The van der Waals surface area contributed by atoms with E-state index in [1.165, 1.54) is 35.1 Å². The molecule has 0 fully saturated rings. The highest BCUT2D eigenvalue weighted by atomic mass is 79.9. The molecule has 4 bridgehead atoms. The molecule has 0 saturated carbocycles. The quantitative estimate of drug-likeness (QED) is 0.664. The lowest BCUT2D eigenvalue weighted by Crippen LogP contribution is -2.20. The van der Waals surface area contributed by atoms with Crippen molar-refractivity contribution in [2.45, 2.75) is 36.9 Å². The molecule has 0 amide bonds. The van der Waals surface area contributed by atoms with Crippen molar-refractivity contribution in [1.29, 1.82) is 0 Å². The predicted octanol–water partition coefficient (Wildman–Crippen LogP) is 5.42. The zero-order valence-electron chi connectivity index (χ0n) is 11.3. The Balaban J connectivity index is 2.15. The fraction of sp³-hybridized carbons (Fsp3) is 0.333. The van der Waals surface area contributed by atoms with Crippen LogP contribution in [0.15, 0.2) is 48.5 Å². The van der Waals surface area contributed by atoms with Gasteiger partial charge in [0.1, 0.15) is 0 Å². The smallest absolute Gasteiger partial charge is 0.0749 e. The largest absolute Gasteiger partial charge is 0.0754 e. The summed E-state index contributed by atoms with van der Waals surface area (Å²) in [7, 11) is 0. The van der Waals surface area contributed by atoms with Gasteiger partial charge in [-0.2, -0.15) is 0 Å². The highest BCUT2D eigenvalue weighted by molar-refractivity contribution is 9.09.